The van der Waals surface area contributed by atoms with E-state index < -0.39 is 5.82 Å². The minimum absolute atomic E-state index is 0.322. The molecule has 0 spiro atoms. The Hall–Kier alpha value is -3.74. The van der Waals surface area contributed by atoms with Gasteiger partial charge in [0.25, 0.3) is 5.91 Å². The maximum atomic E-state index is 13.2. The molecule has 0 atom stereocenters. The molecule has 0 saturated carbocycles. The van der Waals surface area contributed by atoms with Gasteiger partial charge in [0.15, 0.2) is 0 Å². The number of nitrogen functional groups attached to an aromatic ring is 1. The van der Waals surface area contributed by atoms with E-state index in [1.807, 2.05) is 0 Å². The van der Waals surface area contributed by atoms with Crippen LogP contribution in [0.3, 0.4) is 0 Å². The summed E-state index contributed by atoms with van der Waals surface area (Å²) in [5.74, 6) is -0.731. The second kappa shape index (κ2) is 8.09. The van der Waals surface area contributed by atoms with Gasteiger partial charge in [0.2, 0.25) is 0 Å². The van der Waals surface area contributed by atoms with Crippen molar-refractivity contribution in [3.8, 4) is 0 Å². The van der Waals surface area contributed by atoms with Gasteiger partial charge in [0.1, 0.15) is 5.82 Å². The number of para-hydroxylation sites is 2. The lowest BCUT2D eigenvalue weighted by molar-refractivity contribution is 0.102. The Balaban J connectivity index is 1.74. The average Bonchev–Trinajstić information content (AvgIpc) is 2.68. The van der Waals surface area contributed by atoms with E-state index in [4.69, 9.17) is 11.1 Å². The van der Waals surface area contributed by atoms with Crippen LogP contribution in [0.2, 0.25) is 0 Å². The molecule has 0 saturated heterocycles. The zero-order valence-corrected chi connectivity index (χ0v) is 14.4. The third-order valence-corrected chi connectivity index (χ3v) is 3.92. The van der Waals surface area contributed by atoms with Gasteiger partial charge in [0.05, 0.1) is 17.6 Å². The first-order valence-electron chi connectivity index (χ1n) is 8.20. The number of rotatable bonds is 6. The van der Waals surface area contributed by atoms with Crippen LogP contribution in [0, 0.1) is 11.2 Å². The third kappa shape index (κ3) is 4.46. The largest absolute Gasteiger partial charge is 0.397 e. The van der Waals surface area contributed by atoms with Crippen molar-refractivity contribution in [1.82, 2.24) is 4.98 Å². The molecular weight excluding hydrogens is 345 g/mol. The third-order valence-electron chi connectivity index (χ3n) is 3.92. The molecule has 136 valence electrons. The number of nitrogens with two attached hydrogens (primary N) is 1. The molecule has 0 fully saturated rings. The zero-order chi connectivity index (χ0) is 19.2. The summed E-state index contributed by atoms with van der Waals surface area (Å²) in [5, 5.41) is 13.5. The van der Waals surface area contributed by atoms with Crippen molar-refractivity contribution in [1.29, 1.82) is 5.41 Å². The Morgan fingerprint density at radius 1 is 1.15 bits per heavy atom. The van der Waals surface area contributed by atoms with Crippen molar-refractivity contribution in [2.45, 2.75) is 6.54 Å². The molecule has 0 aliphatic carbocycles. The van der Waals surface area contributed by atoms with E-state index in [0.29, 0.717) is 40.3 Å². The Morgan fingerprint density at radius 2 is 1.96 bits per heavy atom. The lowest BCUT2D eigenvalue weighted by Crippen LogP contribution is -2.14. The van der Waals surface area contributed by atoms with Crippen LogP contribution in [0.5, 0.6) is 0 Å². The average molecular weight is 363 g/mol. The van der Waals surface area contributed by atoms with Crippen LogP contribution >= 0.6 is 0 Å². The van der Waals surface area contributed by atoms with Gasteiger partial charge in [-0.3, -0.25) is 9.78 Å². The first-order valence-corrected chi connectivity index (χ1v) is 8.20. The first-order chi connectivity index (χ1) is 13.1. The monoisotopic (exact) mass is 363 g/mol. The summed E-state index contributed by atoms with van der Waals surface area (Å²) in [4.78, 5) is 16.3. The van der Waals surface area contributed by atoms with Gasteiger partial charge in [-0.05, 0) is 42.0 Å². The zero-order valence-electron chi connectivity index (χ0n) is 14.4. The normalized spacial score (nSPS) is 10.3. The van der Waals surface area contributed by atoms with Gasteiger partial charge in [-0.1, -0.05) is 12.1 Å². The highest BCUT2D eigenvalue weighted by Crippen LogP contribution is 2.21. The molecule has 1 aromatic heterocycles. The van der Waals surface area contributed by atoms with Gasteiger partial charge in [-0.2, -0.15) is 0 Å². The number of carbonyl (C=O) groups excluding carboxylic acids is 1. The number of halogens is 1. The summed E-state index contributed by atoms with van der Waals surface area (Å²) >= 11 is 0. The minimum atomic E-state index is -0.409. The molecule has 1 heterocycles. The standard InChI is InChI=1S/C20H18FN5O/c21-16-7-13(10-24-12-16)11-25-18-6-5-14(8-15(18)9-22)20(27)26-19-4-2-1-3-17(19)23/h1-10,12,22,25H,11,23H2,(H,26,27). The Morgan fingerprint density at radius 3 is 2.70 bits per heavy atom. The Labute approximate surface area is 155 Å². The number of amides is 1. The van der Waals surface area contributed by atoms with Gasteiger partial charge in [0, 0.05) is 35.8 Å². The molecule has 0 bridgehead atoms. The summed E-state index contributed by atoms with van der Waals surface area (Å²) in [5.41, 5.74) is 9.10. The van der Waals surface area contributed by atoms with Crippen LogP contribution in [0.1, 0.15) is 21.5 Å². The van der Waals surface area contributed by atoms with Crippen molar-refractivity contribution in [2.75, 3.05) is 16.4 Å². The quantitative estimate of drug-likeness (QED) is 0.396. The Bertz CT molecular complexity index is 990. The number of hydrogen-bond acceptors (Lipinski definition) is 5. The van der Waals surface area contributed by atoms with Crippen LogP contribution in [0.4, 0.5) is 21.5 Å². The lowest BCUT2D eigenvalue weighted by atomic mass is 10.1. The fourth-order valence-electron chi connectivity index (χ4n) is 2.54. The molecule has 3 rings (SSSR count). The van der Waals surface area contributed by atoms with Crippen LogP contribution in [0.25, 0.3) is 0 Å². The van der Waals surface area contributed by atoms with E-state index in [0.717, 1.165) is 12.4 Å². The van der Waals surface area contributed by atoms with Crippen molar-refractivity contribution < 1.29 is 9.18 Å². The number of aromatic nitrogens is 1. The molecule has 1 amide bonds. The molecule has 0 unspecified atom stereocenters. The number of nitrogens with zero attached hydrogens (tertiary/aromatic N) is 1. The highest BCUT2D eigenvalue weighted by Gasteiger charge is 2.10. The van der Waals surface area contributed by atoms with E-state index in [1.165, 1.54) is 6.07 Å². The fraction of sp³-hybridized carbons (Fsp3) is 0.0500. The highest BCUT2D eigenvalue weighted by molar-refractivity contribution is 6.07. The van der Waals surface area contributed by atoms with Crippen LogP contribution in [0.15, 0.2) is 60.9 Å². The maximum Gasteiger partial charge on any atom is 0.255 e. The second-order valence-electron chi connectivity index (χ2n) is 5.85. The summed E-state index contributed by atoms with van der Waals surface area (Å²) in [6.45, 7) is 0.345. The number of anilines is 3. The summed E-state index contributed by atoms with van der Waals surface area (Å²) < 4.78 is 13.2. The van der Waals surface area contributed by atoms with E-state index in [2.05, 4.69) is 15.6 Å². The van der Waals surface area contributed by atoms with Gasteiger partial charge in [-0.25, -0.2) is 4.39 Å². The molecule has 27 heavy (non-hydrogen) atoms. The maximum absolute atomic E-state index is 13.2. The number of nitrogens with one attached hydrogen (secondary N) is 3. The summed E-state index contributed by atoms with van der Waals surface area (Å²) in [6.07, 6.45) is 3.85. The Kier molecular flexibility index (Phi) is 5.41. The van der Waals surface area contributed by atoms with Crippen LogP contribution in [-0.4, -0.2) is 17.1 Å². The van der Waals surface area contributed by atoms with Crippen molar-refractivity contribution >= 4 is 29.2 Å². The molecule has 5 N–H and O–H groups in total. The van der Waals surface area contributed by atoms with Gasteiger partial charge < -0.3 is 21.8 Å². The van der Waals surface area contributed by atoms with Crippen molar-refractivity contribution in [2.24, 2.45) is 0 Å². The number of carbonyl (C=O) groups is 1. The highest BCUT2D eigenvalue weighted by atomic mass is 19.1. The molecule has 7 heteroatoms. The van der Waals surface area contributed by atoms with E-state index in [1.54, 1.807) is 48.7 Å². The number of benzene rings is 2. The predicted molar refractivity (Wildman–Crippen MR) is 105 cm³/mol. The SMILES string of the molecule is N=Cc1cc(C(=O)Nc2ccccc2N)ccc1NCc1cncc(F)c1. The molecule has 0 radical (unpaired) electrons. The van der Waals surface area contributed by atoms with Crippen molar-refractivity contribution in [3.63, 3.8) is 0 Å². The van der Waals surface area contributed by atoms with Crippen LogP contribution < -0.4 is 16.4 Å². The van der Waals surface area contributed by atoms with E-state index >= 15 is 0 Å². The molecular formula is C20H18FN5O. The van der Waals surface area contributed by atoms with Gasteiger partial charge in [-0.15, -0.1) is 0 Å². The van der Waals surface area contributed by atoms with E-state index in [-0.39, 0.29) is 5.91 Å². The van der Waals surface area contributed by atoms with E-state index in [9.17, 15) is 9.18 Å². The van der Waals surface area contributed by atoms with Crippen LogP contribution in [-0.2, 0) is 6.54 Å². The smallest absolute Gasteiger partial charge is 0.255 e. The summed E-state index contributed by atoms with van der Waals surface area (Å²) in [7, 11) is 0. The predicted octanol–water partition coefficient (Wildman–Crippen LogP) is 3.66. The molecule has 2 aromatic carbocycles. The number of pyridine rings is 1. The molecule has 6 nitrogen and oxygen atoms in total. The summed E-state index contributed by atoms with van der Waals surface area (Å²) in [6, 6.07) is 13.3. The fourth-order valence-corrected chi connectivity index (χ4v) is 2.54. The first kappa shape index (κ1) is 18.1. The number of hydrogen-bond donors (Lipinski definition) is 4. The second-order valence-corrected chi connectivity index (χ2v) is 5.85. The van der Waals surface area contributed by atoms with Gasteiger partial charge >= 0.3 is 0 Å². The molecule has 0 aliphatic heterocycles. The van der Waals surface area contributed by atoms with Crippen molar-refractivity contribution in [3.05, 3.63) is 83.4 Å². The lowest BCUT2D eigenvalue weighted by Gasteiger charge is -2.12. The molecule has 3 aromatic rings. The molecule has 0 aliphatic rings. The topological polar surface area (TPSA) is 104 Å². The minimum Gasteiger partial charge on any atom is -0.397 e.